The number of pyridine rings is 1. The average molecular weight is 285 g/mol. The normalized spacial score (nSPS) is 11.0. The number of amides is 1. The summed E-state index contributed by atoms with van der Waals surface area (Å²) >= 11 is 0. The number of nitrogens with zero attached hydrogens (tertiary/aromatic N) is 6. The van der Waals surface area contributed by atoms with Gasteiger partial charge in [-0.25, -0.2) is 0 Å². The molecule has 0 bridgehead atoms. The molecule has 0 saturated heterocycles. The van der Waals surface area contributed by atoms with Gasteiger partial charge in [0.25, 0.3) is 5.91 Å². The molecule has 3 heterocycles. The highest BCUT2D eigenvalue weighted by Gasteiger charge is 2.17. The van der Waals surface area contributed by atoms with Crippen LogP contribution in [0.5, 0.6) is 0 Å². The molecule has 108 valence electrons. The van der Waals surface area contributed by atoms with Crippen molar-refractivity contribution in [2.24, 2.45) is 7.05 Å². The molecule has 3 aromatic rings. The fraction of sp³-hybridized carbons (Fsp3) is 0.308. The van der Waals surface area contributed by atoms with Crippen LogP contribution in [0.25, 0.3) is 5.65 Å². The highest BCUT2D eigenvalue weighted by atomic mass is 16.1. The topological polar surface area (TPSA) is 90.0 Å². The van der Waals surface area contributed by atoms with Crippen LogP contribution in [0.3, 0.4) is 0 Å². The first kappa shape index (κ1) is 13.2. The van der Waals surface area contributed by atoms with Crippen LogP contribution in [0.1, 0.15) is 28.5 Å². The summed E-state index contributed by atoms with van der Waals surface area (Å²) in [6, 6.07) is 3.42. The highest BCUT2D eigenvalue weighted by molar-refractivity contribution is 6.08. The summed E-state index contributed by atoms with van der Waals surface area (Å²) in [4.78, 5) is 12.5. The number of hydrogen-bond acceptors (Lipinski definition) is 5. The molecule has 8 nitrogen and oxygen atoms in total. The molecule has 8 heteroatoms. The summed E-state index contributed by atoms with van der Waals surface area (Å²) in [6.07, 6.45) is 2.51. The van der Waals surface area contributed by atoms with E-state index in [1.165, 1.54) is 4.52 Å². The van der Waals surface area contributed by atoms with Crippen molar-refractivity contribution in [3.63, 3.8) is 0 Å². The molecule has 1 amide bonds. The minimum atomic E-state index is -0.260. The zero-order valence-corrected chi connectivity index (χ0v) is 12.0. The minimum Gasteiger partial charge on any atom is -0.306 e. The fourth-order valence-electron chi connectivity index (χ4n) is 2.31. The van der Waals surface area contributed by atoms with Crippen LogP contribution in [0.15, 0.2) is 18.3 Å². The molecule has 21 heavy (non-hydrogen) atoms. The van der Waals surface area contributed by atoms with E-state index in [2.05, 4.69) is 25.9 Å². The standard InChI is InChI=1S/C13H15N7O/c1-4-10-8(2)11(19(3)16-10)14-13(21)9-6-5-7-20-12(9)15-17-18-20/h5-7H,4H2,1-3H3,(H,14,21). The van der Waals surface area contributed by atoms with Gasteiger partial charge in [-0.15, -0.1) is 5.10 Å². The third kappa shape index (κ3) is 2.14. The number of aromatic nitrogens is 6. The van der Waals surface area contributed by atoms with Gasteiger partial charge in [-0.2, -0.15) is 9.61 Å². The smallest absolute Gasteiger partial charge is 0.260 e. The van der Waals surface area contributed by atoms with E-state index in [1.54, 1.807) is 30.1 Å². The molecule has 0 fully saturated rings. The lowest BCUT2D eigenvalue weighted by molar-refractivity contribution is 0.102. The summed E-state index contributed by atoms with van der Waals surface area (Å²) in [6.45, 7) is 3.98. The predicted molar refractivity (Wildman–Crippen MR) is 76.1 cm³/mol. The summed E-state index contributed by atoms with van der Waals surface area (Å²) in [5.74, 6) is 0.426. The number of carbonyl (C=O) groups excluding carboxylic acids is 1. The largest absolute Gasteiger partial charge is 0.306 e. The lowest BCUT2D eigenvalue weighted by atomic mass is 10.2. The van der Waals surface area contributed by atoms with E-state index in [0.29, 0.717) is 17.0 Å². The maximum atomic E-state index is 12.5. The number of aryl methyl sites for hydroxylation is 2. The van der Waals surface area contributed by atoms with Crippen LogP contribution in [-0.4, -0.2) is 35.7 Å². The van der Waals surface area contributed by atoms with Gasteiger partial charge in [-0.1, -0.05) is 6.92 Å². The monoisotopic (exact) mass is 285 g/mol. The highest BCUT2D eigenvalue weighted by Crippen LogP contribution is 2.19. The van der Waals surface area contributed by atoms with Gasteiger partial charge in [-0.3, -0.25) is 9.48 Å². The van der Waals surface area contributed by atoms with E-state index in [4.69, 9.17) is 0 Å². The number of rotatable bonds is 3. The molecule has 3 rings (SSSR count). The van der Waals surface area contributed by atoms with Crippen molar-refractivity contribution >= 4 is 17.4 Å². The molecule has 0 aliphatic rings. The molecule has 1 N–H and O–H groups in total. The maximum absolute atomic E-state index is 12.5. The maximum Gasteiger partial charge on any atom is 0.260 e. The summed E-state index contributed by atoms with van der Waals surface area (Å²) in [7, 11) is 1.81. The summed E-state index contributed by atoms with van der Waals surface area (Å²) in [5.41, 5.74) is 2.78. The van der Waals surface area contributed by atoms with Crippen molar-refractivity contribution in [3.8, 4) is 0 Å². The van der Waals surface area contributed by atoms with E-state index >= 15 is 0 Å². The van der Waals surface area contributed by atoms with E-state index in [1.807, 2.05) is 13.8 Å². The Hall–Kier alpha value is -2.77. The molecule has 0 aliphatic heterocycles. The Morgan fingerprint density at radius 1 is 1.43 bits per heavy atom. The van der Waals surface area contributed by atoms with Gasteiger partial charge in [0, 0.05) is 18.8 Å². The number of carbonyl (C=O) groups is 1. The fourth-order valence-corrected chi connectivity index (χ4v) is 2.31. The second-order valence-corrected chi connectivity index (χ2v) is 4.72. The SMILES string of the molecule is CCc1nn(C)c(NC(=O)c2cccn3nnnc23)c1C. The third-order valence-corrected chi connectivity index (χ3v) is 3.42. The zero-order valence-electron chi connectivity index (χ0n) is 12.0. The lowest BCUT2D eigenvalue weighted by Crippen LogP contribution is -2.16. The van der Waals surface area contributed by atoms with Crippen LogP contribution >= 0.6 is 0 Å². The first-order valence-electron chi connectivity index (χ1n) is 6.62. The second kappa shape index (κ2) is 4.97. The zero-order chi connectivity index (χ0) is 15.0. The number of nitrogens with one attached hydrogen (secondary N) is 1. The Balaban J connectivity index is 1.97. The van der Waals surface area contributed by atoms with E-state index in [-0.39, 0.29) is 5.91 Å². The Morgan fingerprint density at radius 2 is 2.24 bits per heavy atom. The summed E-state index contributed by atoms with van der Waals surface area (Å²) in [5, 5.41) is 18.5. The van der Waals surface area contributed by atoms with E-state index in [0.717, 1.165) is 17.7 Å². The molecule has 0 spiro atoms. The van der Waals surface area contributed by atoms with Gasteiger partial charge < -0.3 is 5.32 Å². The van der Waals surface area contributed by atoms with Crippen LogP contribution in [0.4, 0.5) is 5.82 Å². The molecule has 0 saturated carbocycles. The van der Waals surface area contributed by atoms with Gasteiger partial charge in [-0.05, 0) is 35.9 Å². The van der Waals surface area contributed by atoms with Crippen LogP contribution in [0, 0.1) is 6.92 Å². The van der Waals surface area contributed by atoms with Crippen molar-refractivity contribution in [1.82, 2.24) is 29.8 Å². The molecule has 0 aromatic carbocycles. The van der Waals surface area contributed by atoms with Crippen LogP contribution in [0.2, 0.25) is 0 Å². The van der Waals surface area contributed by atoms with Crippen LogP contribution in [-0.2, 0) is 13.5 Å². The van der Waals surface area contributed by atoms with Gasteiger partial charge >= 0.3 is 0 Å². The van der Waals surface area contributed by atoms with Gasteiger partial charge in [0.1, 0.15) is 5.82 Å². The van der Waals surface area contributed by atoms with Crippen molar-refractivity contribution in [3.05, 3.63) is 35.2 Å². The number of fused-ring (bicyclic) bond motifs is 1. The average Bonchev–Trinajstić information content (AvgIpc) is 3.06. The van der Waals surface area contributed by atoms with Gasteiger partial charge in [0.2, 0.25) is 0 Å². The van der Waals surface area contributed by atoms with Crippen molar-refractivity contribution in [2.45, 2.75) is 20.3 Å². The second-order valence-electron chi connectivity index (χ2n) is 4.72. The molecule has 3 aromatic heterocycles. The molecule has 0 aliphatic carbocycles. The first-order chi connectivity index (χ1) is 10.1. The first-order valence-corrected chi connectivity index (χ1v) is 6.62. The predicted octanol–water partition coefficient (Wildman–Crippen LogP) is 0.981. The van der Waals surface area contributed by atoms with Crippen LogP contribution < -0.4 is 5.32 Å². The quantitative estimate of drug-likeness (QED) is 0.774. The number of hydrogen-bond donors (Lipinski definition) is 1. The number of anilines is 1. The Morgan fingerprint density at radius 3 is 2.95 bits per heavy atom. The van der Waals surface area contributed by atoms with Crippen molar-refractivity contribution in [1.29, 1.82) is 0 Å². The molecule has 0 radical (unpaired) electrons. The third-order valence-electron chi connectivity index (χ3n) is 3.42. The Bertz CT molecular complexity index is 817. The molecular weight excluding hydrogens is 270 g/mol. The van der Waals surface area contributed by atoms with E-state index in [9.17, 15) is 4.79 Å². The Labute approximate surface area is 120 Å². The van der Waals surface area contributed by atoms with Gasteiger partial charge in [0.05, 0.1) is 11.3 Å². The molecule has 0 atom stereocenters. The van der Waals surface area contributed by atoms with Crippen molar-refractivity contribution < 1.29 is 4.79 Å². The number of tetrazole rings is 1. The molecule has 0 unspecified atom stereocenters. The Kier molecular flexibility index (Phi) is 3.13. The lowest BCUT2D eigenvalue weighted by Gasteiger charge is -2.07. The summed E-state index contributed by atoms with van der Waals surface area (Å²) < 4.78 is 3.14. The minimum absolute atomic E-state index is 0.260. The van der Waals surface area contributed by atoms with E-state index < -0.39 is 0 Å². The van der Waals surface area contributed by atoms with Crippen molar-refractivity contribution in [2.75, 3.05) is 5.32 Å². The van der Waals surface area contributed by atoms with Gasteiger partial charge in [0.15, 0.2) is 5.65 Å². The molecular formula is C13H15N7O.